The molecule has 0 radical (unpaired) electrons. The number of thiophene rings is 1. The third-order valence-corrected chi connectivity index (χ3v) is 8.05. The number of nitrogens with two attached hydrogens (primary N) is 1. The van der Waals surface area contributed by atoms with E-state index in [1.807, 2.05) is 11.5 Å². The first-order valence-corrected chi connectivity index (χ1v) is 13.7. The minimum absolute atomic E-state index is 0. The van der Waals surface area contributed by atoms with Crippen LogP contribution in [-0.4, -0.2) is 43.0 Å². The van der Waals surface area contributed by atoms with Crippen molar-refractivity contribution in [3.63, 3.8) is 0 Å². The van der Waals surface area contributed by atoms with E-state index in [1.54, 1.807) is 19.2 Å². The van der Waals surface area contributed by atoms with E-state index in [0.717, 1.165) is 17.6 Å². The number of halogens is 5. The molecule has 0 fully saturated rings. The Morgan fingerprint density at radius 3 is 2.73 bits per heavy atom. The van der Waals surface area contributed by atoms with E-state index in [0.29, 0.717) is 35.2 Å². The summed E-state index contributed by atoms with van der Waals surface area (Å²) in [5.41, 5.74) is 8.60. The average molecular weight is 629 g/mol. The number of hydrogen-bond acceptors (Lipinski definition) is 7. The lowest BCUT2D eigenvalue weighted by Gasteiger charge is -2.24. The van der Waals surface area contributed by atoms with Gasteiger partial charge < -0.3 is 15.6 Å². The number of aromatic nitrogens is 4. The Labute approximate surface area is 248 Å². The van der Waals surface area contributed by atoms with Crippen molar-refractivity contribution in [2.45, 2.75) is 50.9 Å². The third kappa shape index (κ3) is 6.66. The van der Waals surface area contributed by atoms with Crippen molar-refractivity contribution < 1.29 is 27.8 Å². The topological polar surface area (TPSA) is 116 Å². The lowest BCUT2D eigenvalue weighted by atomic mass is 9.83. The number of aliphatic carboxylic acids is 1. The van der Waals surface area contributed by atoms with Crippen LogP contribution in [0.5, 0.6) is 5.88 Å². The number of alkyl halides is 3. The lowest BCUT2D eigenvalue weighted by Crippen LogP contribution is -2.32. The molecule has 1 unspecified atom stereocenters. The molecule has 14 heteroatoms. The van der Waals surface area contributed by atoms with E-state index >= 15 is 0 Å². The molecular weight excluding hydrogens is 602 g/mol. The first-order chi connectivity index (χ1) is 19.0. The Kier molecular flexibility index (Phi) is 9.27. The summed E-state index contributed by atoms with van der Waals surface area (Å²) in [6.07, 6.45) is 0.117. The summed E-state index contributed by atoms with van der Waals surface area (Å²) < 4.78 is 50.8. The fourth-order valence-corrected chi connectivity index (χ4v) is 5.99. The fourth-order valence-electron chi connectivity index (χ4n) is 4.85. The van der Waals surface area contributed by atoms with E-state index < -0.39 is 24.3 Å². The number of fused-ring (bicyclic) bond motifs is 1. The number of carboxylic acid groups (broad SMARTS) is 1. The number of benzene rings is 1. The van der Waals surface area contributed by atoms with E-state index in [1.165, 1.54) is 40.5 Å². The quantitative estimate of drug-likeness (QED) is 0.217. The summed E-state index contributed by atoms with van der Waals surface area (Å²) in [7, 11) is 0. The summed E-state index contributed by atoms with van der Waals surface area (Å²) in [6.45, 7) is 1.73. The van der Waals surface area contributed by atoms with Gasteiger partial charge in [-0.1, -0.05) is 23.7 Å². The molecule has 0 bridgehead atoms. The number of rotatable bonds is 8. The van der Waals surface area contributed by atoms with Gasteiger partial charge in [0.05, 0.1) is 16.9 Å². The van der Waals surface area contributed by atoms with Crippen LogP contribution in [0.4, 0.5) is 13.2 Å². The van der Waals surface area contributed by atoms with Crippen LogP contribution in [0.25, 0.3) is 21.5 Å². The van der Waals surface area contributed by atoms with Gasteiger partial charge in [-0.15, -0.1) is 23.7 Å². The highest BCUT2D eigenvalue weighted by Crippen LogP contribution is 2.44. The maximum atomic E-state index is 14.5. The van der Waals surface area contributed by atoms with Crippen LogP contribution in [0.2, 0.25) is 5.02 Å². The van der Waals surface area contributed by atoms with Gasteiger partial charge in [0, 0.05) is 27.7 Å². The number of allylic oxidation sites excluding steroid dienone is 2. The SMILES string of the molecule is Cc1ccn(-c2cc(Cl)ccc2[C@@H](Oc2ncnc3c(C4=CCC(C[C@H](N)C(=O)O)CC4)csc23)C(F)(F)F)n1.Cl. The van der Waals surface area contributed by atoms with Crippen LogP contribution in [0.15, 0.2) is 48.2 Å². The monoisotopic (exact) mass is 627 g/mol. The van der Waals surface area contributed by atoms with Gasteiger partial charge in [-0.05, 0) is 62.3 Å². The molecule has 8 nitrogen and oxygen atoms in total. The zero-order valence-corrected chi connectivity index (χ0v) is 24.0. The van der Waals surface area contributed by atoms with Crippen LogP contribution >= 0.6 is 35.3 Å². The van der Waals surface area contributed by atoms with Crippen molar-refractivity contribution >= 4 is 57.1 Å². The van der Waals surface area contributed by atoms with E-state index in [-0.39, 0.29) is 40.5 Å². The predicted octanol–water partition coefficient (Wildman–Crippen LogP) is 6.93. The van der Waals surface area contributed by atoms with E-state index in [2.05, 4.69) is 15.1 Å². The van der Waals surface area contributed by atoms with Crippen LogP contribution in [-0.2, 0) is 4.79 Å². The number of hydrogen-bond donors (Lipinski definition) is 2. The summed E-state index contributed by atoms with van der Waals surface area (Å²) >= 11 is 7.34. The minimum atomic E-state index is -4.78. The summed E-state index contributed by atoms with van der Waals surface area (Å²) in [6, 6.07) is 4.84. The molecule has 0 saturated heterocycles. The van der Waals surface area contributed by atoms with Crippen LogP contribution in [0, 0.1) is 12.8 Å². The van der Waals surface area contributed by atoms with Crippen LogP contribution in [0.3, 0.4) is 0 Å². The van der Waals surface area contributed by atoms with Gasteiger partial charge in [0.15, 0.2) is 0 Å². The summed E-state index contributed by atoms with van der Waals surface area (Å²) in [4.78, 5) is 19.5. The molecule has 1 aliphatic rings. The second-order valence-corrected chi connectivity index (χ2v) is 11.0. The Morgan fingerprint density at radius 1 is 1.32 bits per heavy atom. The summed E-state index contributed by atoms with van der Waals surface area (Å²) in [5.74, 6) is -1.05. The zero-order chi connectivity index (χ0) is 28.6. The highest BCUT2D eigenvalue weighted by Gasteiger charge is 2.45. The van der Waals surface area contributed by atoms with Gasteiger partial charge in [-0.25, -0.2) is 14.6 Å². The Balaban J connectivity index is 0.00000387. The number of aryl methyl sites for hydroxylation is 1. The van der Waals surface area contributed by atoms with Gasteiger partial charge in [-0.2, -0.15) is 18.3 Å². The Hall–Kier alpha value is -3.19. The molecule has 5 rings (SSSR count). The molecule has 0 saturated carbocycles. The molecule has 1 aliphatic carbocycles. The van der Waals surface area contributed by atoms with Gasteiger partial charge in [0.2, 0.25) is 12.0 Å². The Morgan fingerprint density at radius 2 is 2.10 bits per heavy atom. The second-order valence-electron chi connectivity index (χ2n) is 9.70. The van der Waals surface area contributed by atoms with Crippen molar-refractivity contribution in [1.82, 2.24) is 19.7 Å². The van der Waals surface area contributed by atoms with Crippen molar-refractivity contribution in [2.24, 2.45) is 11.7 Å². The molecule has 4 aromatic rings. The van der Waals surface area contributed by atoms with Gasteiger partial charge in [0.25, 0.3) is 0 Å². The van der Waals surface area contributed by atoms with Crippen LogP contribution < -0.4 is 10.5 Å². The van der Waals surface area contributed by atoms with E-state index in [9.17, 15) is 18.0 Å². The van der Waals surface area contributed by atoms with E-state index in [4.69, 9.17) is 27.2 Å². The molecule has 0 amide bonds. The number of carbonyl (C=O) groups is 1. The number of carboxylic acids is 1. The first kappa shape index (κ1) is 30.8. The van der Waals surface area contributed by atoms with Crippen molar-refractivity contribution in [1.29, 1.82) is 0 Å². The smallest absolute Gasteiger partial charge is 0.429 e. The number of nitrogens with zero attached hydrogens (tertiary/aromatic N) is 4. The van der Waals surface area contributed by atoms with Crippen LogP contribution in [0.1, 0.15) is 48.6 Å². The molecule has 3 heterocycles. The molecule has 3 N–H and O–H groups in total. The second kappa shape index (κ2) is 12.4. The molecule has 3 aromatic heterocycles. The largest absolute Gasteiger partial charge is 0.480 e. The molecule has 0 spiro atoms. The molecule has 41 heavy (non-hydrogen) atoms. The van der Waals surface area contributed by atoms with Crippen molar-refractivity contribution in [3.8, 4) is 11.6 Å². The molecular formula is C27H26Cl2F3N5O3S. The van der Waals surface area contributed by atoms with Gasteiger partial charge in [0.1, 0.15) is 17.1 Å². The summed E-state index contributed by atoms with van der Waals surface area (Å²) in [5, 5.41) is 15.4. The standard InChI is InChI=1S/C27H25ClF3N5O3S.ClH/c1-14-8-9-36(35-14)21-11-17(28)6-7-18(21)24(27(29,30)31)39-25-23-22(33-13-34-25)19(12-40-23)16-4-2-15(3-5-16)10-20(32)26(37)38;/h4,6-9,11-13,15,20,24H,2-3,5,10,32H2,1H3,(H,37,38);1H/t15?,20-,24+;/m0./s1. The highest BCUT2D eigenvalue weighted by molar-refractivity contribution is 7.17. The highest BCUT2D eigenvalue weighted by atomic mass is 35.5. The van der Waals surface area contributed by atoms with Gasteiger partial charge >= 0.3 is 12.1 Å². The molecule has 0 aliphatic heterocycles. The lowest BCUT2D eigenvalue weighted by molar-refractivity contribution is -0.198. The molecule has 3 atom stereocenters. The minimum Gasteiger partial charge on any atom is -0.480 e. The normalized spacial score (nSPS) is 17.0. The molecule has 1 aromatic carbocycles. The molecule has 218 valence electrons. The van der Waals surface area contributed by atoms with Crippen molar-refractivity contribution in [3.05, 3.63) is 70.1 Å². The first-order valence-electron chi connectivity index (χ1n) is 12.5. The average Bonchev–Trinajstić information content (AvgIpc) is 3.54. The predicted molar refractivity (Wildman–Crippen MR) is 153 cm³/mol. The third-order valence-electron chi connectivity index (χ3n) is 6.86. The Bertz CT molecular complexity index is 1590. The maximum absolute atomic E-state index is 14.5. The maximum Gasteiger partial charge on any atom is 0.429 e. The van der Waals surface area contributed by atoms with Gasteiger partial charge in [-0.3, -0.25) is 4.79 Å². The number of ether oxygens (including phenoxy) is 1. The fraction of sp³-hybridized carbons (Fsp3) is 0.333. The zero-order valence-electron chi connectivity index (χ0n) is 21.6. The van der Waals surface area contributed by atoms with Crippen molar-refractivity contribution in [2.75, 3.05) is 0 Å².